The molecule has 0 aliphatic heterocycles. The van der Waals surface area contributed by atoms with Crippen LogP contribution < -0.4 is 5.73 Å². The van der Waals surface area contributed by atoms with Gasteiger partial charge in [0.25, 0.3) is 0 Å². The summed E-state index contributed by atoms with van der Waals surface area (Å²) in [6.45, 7) is 9.91. The number of hydrogen-bond donors (Lipinski definition) is 1. The molecule has 1 aliphatic carbocycles. The second-order valence-electron chi connectivity index (χ2n) is 4.45. The molecular formula is C12H21N. The SMILES string of the molecule is C=C(C)CC1CCC(C(=C)N)CC1. The quantitative estimate of drug-likeness (QED) is 0.661. The van der Waals surface area contributed by atoms with E-state index in [4.69, 9.17) is 5.73 Å². The van der Waals surface area contributed by atoms with E-state index in [1.54, 1.807) is 0 Å². The maximum Gasteiger partial charge on any atom is 0.00390 e. The molecule has 1 rings (SSSR count). The first-order valence-corrected chi connectivity index (χ1v) is 5.18. The molecule has 1 aliphatic rings. The van der Waals surface area contributed by atoms with Crippen molar-refractivity contribution < 1.29 is 0 Å². The second kappa shape index (κ2) is 4.50. The van der Waals surface area contributed by atoms with Crippen LogP contribution in [0.15, 0.2) is 24.4 Å². The Hall–Kier alpha value is -0.720. The van der Waals surface area contributed by atoms with Crippen molar-refractivity contribution in [3.8, 4) is 0 Å². The van der Waals surface area contributed by atoms with Crippen LogP contribution in [0.1, 0.15) is 39.0 Å². The van der Waals surface area contributed by atoms with Gasteiger partial charge >= 0.3 is 0 Å². The Morgan fingerprint density at radius 1 is 1.23 bits per heavy atom. The molecule has 1 nitrogen and oxygen atoms in total. The Morgan fingerprint density at radius 3 is 2.15 bits per heavy atom. The first-order valence-electron chi connectivity index (χ1n) is 5.18. The summed E-state index contributed by atoms with van der Waals surface area (Å²) < 4.78 is 0. The maximum atomic E-state index is 5.70. The molecule has 1 heteroatoms. The van der Waals surface area contributed by atoms with E-state index in [-0.39, 0.29) is 0 Å². The van der Waals surface area contributed by atoms with Crippen LogP contribution in [-0.4, -0.2) is 0 Å². The van der Waals surface area contributed by atoms with Crippen molar-refractivity contribution in [3.63, 3.8) is 0 Å². The van der Waals surface area contributed by atoms with Gasteiger partial charge in [0.05, 0.1) is 0 Å². The number of nitrogens with two attached hydrogens (primary N) is 1. The summed E-state index contributed by atoms with van der Waals surface area (Å²) in [6.07, 6.45) is 6.26. The molecule has 0 aromatic rings. The van der Waals surface area contributed by atoms with Gasteiger partial charge in [-0.1, -0.05) is 12.2 Å². The fourth-order valence-corrected chi connectivity index (χ4v) is 2.23. The molecule has 0 aromatic carbocycles. The third kappa shape index (κ3) is 3.25. The first-order chi connectivity index (χ1) is 6.09. The van der Waals surface area contributed by atoms with E-state index >= 15 is 0 Å². The van der Waals surface area contributed by atoms with Gasteiger partial charge < -0.3 is 5.73 Å². The third-order valence-corrected chi connectivity index (χ3v) is 3.01. The van der Waals surface area contributed by atoms with E-state index in [0.29, 0.717) is 5.92 Å². The minimum atomic E-state index is 0.585. The molecular weight excluding hydrogens is 158 g/mol. The predicted octanol–water partition coefficient (Wildman–Crippen LogP) is 3.23. The maximum absolute atomic E-state index is 5.70. The van der Waals surface area contributed by atoms with Gasteiger partial charge in [-0.15, -0.1) is 6.58 Å². The lowest BCUT2D eigenvalue weighted by Crippen LogP contribution is -2.19. The summed E-state index contributed by atoms with van der Waals surface area (Å²) in [5, 5.41) is 0. The van der Waals surface area contributed by atoms with Crippen LogP contribution in [0.25, 0.3) is 0 Å². The van der Waals surface area contributed by atoms with Gasteiger partial charge in [-0.3, -0.25) is 0 Å². The molecule has 0 amide bonds. The first kappa shape index (κ1) is 10.4. The average Bonchev–Trinajstić information content (AvgIpc) is 2.04. The minimum absolute atomic E-state index is 0.585. The van der Waals surface area contributed by atoms with E-state index < -0.39 is 0 Å². The average molecular weight is 179 g/mol. The molecule has 0 aromatic heterocycles. The van der Waals surface area contributed by atoms with Gasteiger partial charge in [0.1, 0.15) is 0 Å². The van der Waals surface area contributed by atoms with E-state index in [1.165, 1.54) is 37.7 Å². The number of rotatable bonds is 3. The molecule has 1 fully saturated rings. The summed E-state index contributed by atoms with van der Waals surface area (Å²) >= 11 is 0. The smallest absolute Gasteiger partial charge is 0.00390 e. The van der Waals surface area contributed by atoms with Gasteiger partial charge in [0.15, 0.2) is 0 Å². The van der Waals surface area contributed by atoms with Gasteiger partial charge in [-0.25, -0.2) is 0 Å². The molecule has 0 saturated heterocycles. The zero-order chi connectivity index (χ0) is 9.84. The van der Waals surface area contributed by atoms with Crippen LogP contribution in [0.2, 0.25) is 0 Å². The van der Waals surface area contributed by atoms with Crippen LogP contribution in [0.4, 0.5) is 0 Å². The molecule has 2 N–H and O–H groups in total. The Morgan fingerprint density at radius 2 is 1.77 bits per heavy atom. The van der Waals surface area contributed by atoms with Crippen LogP contribution in [0, 0.1) is 11.8 Å². The largest absolute Gasteiger partial charge is 0.402 e. The normalized spacial score (nSPS) is 28.4. The molecule has 0 heterocycles. The zero-order valence-corrected chi connectivity index (χ0v) is 8.68. The monoisotopic (exact) mass is 179 g/mol. The Bertz CT molecular complexity index is 197. The molecule has 1 saturated carbocycles. The molecule has 13 heavy (non-hydrogen) atoms. The van der Waals surface area contributed by atoms with E-state index in [0.717, 1.165) is 11.6 Å². The van der Waals surface area contributed by atoms with Crippen molar-refractivity contribution >= 4 is 0 Å². The zero-order valence-electron chi connectivity index (χ0n) is 8.68. The Labute approximate surface area is 81.7 Å². The second-order valence-corrected chi connectivity index (χ2v) is 4.45. The van der Waals surface area contributed by atoms with Gasteiger partial charge in [-0.2, -0.15) is 0 Å². The highest BCUT2D eigenvalue weighted by Crippen LogP contribution is 2.33. The predicted molar refractivity (Wildman–Crippen MR) is 58.2 cm³/mol. The van der Waals surface area contributed by atoms with Crippen molar-refractivity contribution in [2.24, 2.45) is 17.6 Å². The fraction of sp³-hybridized carbons (Fsp3) is 0.667. The molecule has 74 valence electrons. The van der Waals surface area contributed by atoms with Gasteiger partial charge in [0.2, 0.25) is 0 Å². The third-order valence-electron chi connectivity index (χ3n) is 3.01. The molecule has 0 radical (unpaired) electrons. The summed E-state index contributed by atoms with van der Waals surface area (Å²) in [5.41, 5.74) is 7.90. The lowest BCUT2D eigenvalue weighted by atomic mass is 9.78. The minimum Gasteiger partial charge on any atom is -0.402 e. The highest BCUT2D eigenvalue weighted by molar-refractivity contribution is 4.98. The molecule has 0 spiro atoms. The summed E-state index contributed by atoms with van der Waals surface area (Å²) in [5.74, 6) is 1.44. The van der Waals surface area contributed by atoms with E-state index in [9.17, 15) is 0 Å². The van der Waals surface area contributed by atoms with E-state index in [2.05, 4.69) is 20.1 Å². The highest BCUT2D eigenvalue weighted by Gasteiger charge is 2.21. The fourth-order valence-electron chi connectivity index (χ4n) is 2.23. The summed E-state index contributed by atoms with van der Waals surface area (Å²) in [7, 11) is 0. The highest BCUT2D eigenvalue weighted by atomic mass is 14.6. The van der Waals surface area contributed by atoms with Crippen molar-refractivity contribution in [3.05, 3.63) is 24.4 Å². The number of allylic oxidation sites excluding steroid dienone is 2. The van der Waals surface area contributed by atoms with Crippen LogP contribution in [0.3, 0.4) is 0 Å². The van der Waals surface area contributed by atoms with E-state index in [1.807, 2.05) is 0 Å². The lowest BCUT2D eigenvalue weighted by Gasteiger charge is -2.28. The molecule has 0 atom stereocenters. The Kier molecular flexibility index (Phi) is 3.58. The van der Waals surface area contributed by atoms with Gasteiger partial charge in [-0.05, 0) is 50.9 Å². The lowest BCUT2D eigenvalue weighted by molar-refractivity contribution is 0.299. The summed E-state index contributed by atoms with van der Waals surface area (Å²) in [6, 6.07) is 0. The van der Waals surface area contributed by atoms with Crippen LogP contribution in [-0.2, 0) is 0 Å². The standard InChI is InChI=1S/C12H21N/c1-9(2)8-11-4-6-12(7-5-11)10(3)13/h11-12H,1,3-8,13H2,2H3. The van der Waals surface area contributed by atoms with Crippen molar-refractivity contribution in [1.82, 2.24) is 0 Å². The summed E-state index contributed by atoms with van der Waals surface area (Å²) in [4.78, 5) is 0. The topological polar surface area (TPSA) is 26.0 Å². The van der Waals surface area contributed by atoms with Crippen LogP contribution in [0.5, 0.6) is 0 Å². The molecule has 0 bridgehead atoms. The Balaban J connectivity index is 2.30. The molecule has 0 unspecified atom stereocenters. The number of hydrogen-bond acceptors (Lipinski definition) is 1. The van der Waals surface area contributed by atoms with Crippen molar-refractivity contribution in [1.29, 1.82) is 0 Å². The van der Waals surface area contributed by atoms with Crippen molar-refractivity contribution in [2.45, 2.75) is 39.0 Å². The van der Waals surface area contributed by atoms with Gasteiger partial charge in [0, 0.05) is 5.70 Å². The van der Waals surface area contributed by atoms with Crippen LogP contribution >= 0.6 is 0 Å². The van der Waals surface area contributed by atoms with Crippen molar-refractivity contribution in [2.75, 3.05) is 0 Å².